The van der Waals surface area contributed by atoms with Crippen molar-refractivity contribution in [2.75, 3.05) is 19.5 Å². The Morgan fingerprint density at radius 1 is 1.73 bits per heavy atom. The van der Waals surface area contributed by atoms with Crippen LogP contribution < -0.4 is 0 Å². The number of aliphatic hydroxyl groups is 1. The molecule has 4 heteroatoms. The molecule has 1 atom stereocenters. The Hall–Kier alpha value is -0.220. The van der Waals surface area contributed by atoms with Crippen molar-refractivity contribution in [2.24, 2.45) is 0 Å². The first-order valence-electron chi connectivity index (χ1n) is 3.50. The molecule has 0 radical (unpaired) electrons. The monoisotopic (exact) mass is 178 g/mol. The molecule has 0 aromatic rings. The van der Waals surface area contributed by atoms with Crippen LogP contribution in [-0.2, 0) is 9.53 Å². The van der Waals surface area contributed by atoms with Gasteiger partial charge < -0.3 is 9.84 Å². The zero-order valence-electron chi connectivity index (χ0n) is 6.87. The number of hydrogen-bond acceptors (Lipinski definition) is 4. The molecule has 1 unspecified atom stereocenters. The Morgan fingerprint density at radius 2 is 2.36 bits per heavy atom. The second-order valence-corrected chi connectivity index (χ2v) is 3.74. The predicted octanol–water partition coefficient (Wildman–Crippen LogP) is 0.663. The summed E-state index contributed by atoms with van der Waals surface area (Å²) in [5, 5.41) is 8.83. The molecule has 0 fully saturated rings. The predicted molar refractivity (Wildman–Crippen MR) is 45.6 cm³/mol. The van der Waals surface area contributed by atoms with E-state index in [4.69, 9.17) is 5.11 Å². The molecule has 0 saturated carbocycles. The van der Waals surface area contributed by atoms with E-state index in [0.29, 0.717) is 12.2 Å². The first-order valence-corrected chi connectivity index (χ1v) is 4.55. The molecule has 0 saturated heterocycles. The van der Waals surface area contributed by atoms with E-state index in [1.807, 2.05) is 6.92 Å². The van der Waals surface area contributed by atoms with Gasteiger partial charge in [0.2, 0.25) is 0 Å². The Bertz CT molecular complexity index is 116. The van der Waals surface area contributed by atoms with E-state index in [1.54, 1.807) is 11.8 Å². The third-order valence-corrected chi connectivity index (χ3v) is 2.35. The average molecular weight is 178 g/mol. The fourth-order valence-electron chi connectivity index (χ4n) is 0.498. The molecule has 66 valence electrons. The number of carbonyl (C=O) groups excluding carboxylic acids is 1. The second-order valence-electron chi connectivity index (χ2n) is 2.19. The molecule has 0 aromatic heterocycles. The summed E-state index contributed by atoms with van der Waals surface area (Å²) < 4.78 is 4.45. The zero-order chi connectivity index (χ0) is 8.69. The fraction of sp³-hybridized carbons (Fsp3) is 0.857. The summed E-state index contributed by atoms with van der Waals surface area (Å²) in [6, 6.07) is 0. The van der Waals surface area contributed by atoms with Crippen molar-refractivity contribution < 1.29 is 14.6 Å². The molecule has 3 nitrogen and oxygen atoms in total. The van der Waals surface area contributed by atoms with Gasteiger partial charge in [0, 0.05) is 11.0 Å². The van der Waals surface area contributed by atoms with Crippen LogP contribution in [0.4, 0.5) is 0 Å². The molecule has 0 spiro atoms. The van der Waals surface area contributed by atoms with E-state index in [1.165, 1.54) is 7.11 Å². The van der Waals surface area contributed by atoms with Crippen molar-refractivity contribution in [3.05, 3.63) is 0 Å². The van der Waals surface area contributed by atoms with Crippen LogP contribution in [0.5, 0.6) is 0 Å². The van der Waals surface area contributed by atoms with Gasteiger partial charge in [-0.25, -0.2) is 0 Å². The third kappa shape index (κ3) is 6.19. The number of ether oxygens (including phenoxy) is 1. The largest absolute Gasteiger partial charge is 0.469 e. The Balaban J connectivity index is 3.20. The Kier molecular flexibility index (Phi) is 6.36. The highest BCUT2D eigenvalue weighted by molar-refractivity contribution is 7.99. The summed E-state index contributed by atoms with van der Waals surface area (Å²) in [5.74, 6) is 0.525. The van der Waals surface area contributed by atoms with Crippen LogP contribution >= 0.6 is 11.8 Å². The Labute approximate surface area is 71.1 Å². The van der Waals surface area contributed by atoms with Crippen LogP contribution in [0, 0.1) is 0 Å². The van der Waals surface area contributed by atoms with Gasteiger partial charge in [-0.15, -0.1) is 0 Å². The summed E-state index contributed by atoms with van der Waals surface area (Å²) in [5.41, 5.74) is 0. The van der Waals surface area contributed by atoms with Crippen molar-refractivity contribution in [3.8, 4) is 0 Å². The number of methoxy groups -OCH3 is 1. The van der Waals surface area contributed by atoms with Crippen molar-refractivity contribution in [3.63, 3.8) is 0 Å². The van der Waals surface area contributed by atoms with Gasteiger partial charge in [0.1, 0.15) is 0 Å². The number of rotatable bonds is 5. The van der Waals surface area contributed by atoms with Gasteiger partial charge in [-0.05, 0) is 0 Å². The van der Waals surface area contributed by atoms with E-state index in [0.717, 1.165) is 0 Å². The van der Waals surface area contributed by atoms with E-state index in [-0.39, 0.29) is 17.8 Å². The number of thioether (sulfide) groups is 1. The maximum Gasteiger partial charge on any atom is 0.306 e. The summed E-state index contributed by atoms with van der Waals surface area (Å²) in [7, 11) is 1.38. The van der Waals surface area contributed by atoms with Gasteiger partial charge in [-0.1, -0.05) is 6.92 Å². The summed E-state index contributed by atoms with van der Waals surface area (Å²) in [6.07, 6.45) is 0.422. The number of carbonyl (C=O) groups is 1. The van der Waals surface area contributed by atoms with Gasteiger partial charge in [0.25, 0.3) is 0 Å². The first kappa shape index (κ1) is 10.8. The van der Waals surface area contributed by atoms with Crippen LogP contribution in [0.15, 0.2) is 0 Å². The van der Waals surface area contributed by atoms with Crippen molar-refractivity contribution in [1.29, 1.82) is 0 Å². The topological polar surface area (TPSA) is 46.5 Å². The first-order chi connectivity index (χ1) is 5.20. The molecule has 11 heavy (non-hydrogen) atoms. The molecule has 0 aliphatic heterocycles. The lowest BCUT2D eigenvalue weighted by Crippen LogP contribution is -2.06. The van der Waals surface area contributed by atoms with Gasteiger partial charge >= 0.3 is 5.97 Å². The van der Waals surface area contributed by atoms with Crippen molar-refractivity contribution in [2.45, 2.75) is 18.6 Å². The molecule has 1 N–H and O–H groups in total. The molecule has 0 rings (SSSR count). The van der Waals surface area contributed by atoms with Crippen LogP contribution in [0.1, 0.15) is 13.3 Å². The Morgan fingerprint density at radius 3 is 2.82 bits per heavy atom. The number of esters is 1. The smallest absolute Gasteiger partial charge is 0.306 e. The van der Waals surface area contributed by atoms with Gasteiger partial charge in [0.15, 0.2) is 0 Å². The second kappa shape index (κ2) is 6.49. The zero-order valence-corrected chi connectivity index (χ0v) is 7.69. The summed E-state index contributed by atoms with van der Waals surface area (Å²) in [4.78, 5) is 10.6. The van der Waals surface area contributed by atoms with E-state index >= 15 is 0 Å². The lowest BCUT2D eigenvalue weighted by Gasteiger charge is -2.05. The third-order valence-electron chi connectivity index (χ3n) is 1.19. The fourth-order valence-corrected chi connectivity index (χ4v) is 1.29. The highest BCUT2D eigenvalue weighted by atomic mass is 32.2. The van der Waals surface area contributed by atoms with Crippen molar-refractivity contribution in [1.82, 2.24) is 0 Å². The maximum absolute atomic E-state index is 10.6. The molecule has 0 amide bonds. The van der Waals surface area contributed by atoms with E-state index < -0.39 is 0 Å². The highest BCUT2D eigenvalue weighted by Crippen LogP contribution is 2.10. The normalized spacial score (nSPS) is 12.6. The van der Waals surface area contributed by atoms with E-state index in [9.17, 15) is 4.79 Å². The molecule has 0 heterocycles. The van der Waals surface area contributed by atoms with Crippen LogP contribution in [0.2, 0.25) is 0 Å². The minimum absolute atomic E-state index is 0.159. The number of hydrogen-bond donors (Lipinski definition) is 1. The minimum Gasteiger partial charge on any atom is -0.469 e. The van der Waals surface area contributed by atoms with Gasteiger partial charge in [-0.2, -0.15) is 11.8 Å². The SMILES string of the molecule is COC(=O)CCSC(C)CO. The van der Waals surface area contributed by atoms with Gasteiger partial charge in [0.05, 0.1) is 20.1 Å². The molecule has 0 aliphatic rings. The van der Waals surface area contributed by atoms with E-state index in [2.05, 4.69) is 4.74 Å². The quantitative estimate of drug-likeness (QED) is 0.628. The summed E-state index contributed by atoms with van der Waals surface area (Å²) >= 11 is 1.57. The van der Waals surface area contributed by atoms with Crippen LogP contribution in [0.3, 0.4) is 0 Å². The summed E-state index contributed by atoms with van der Waals surface area (Å²) in [6.45, 7) is 2.08. The van der Waals surface area contributed by atoms with Crippen molar-refractivity contribution >= 4 is 17.7 Å². The minimum atomic E-state index is -0.192. The molecular formula is C7H14O3S. The average Bonchev–Trinajstić information content (AvgIpc) is 2.04. The van der Waals surface area contributed by atoms with Gasteiger partial charge in [-0.3, -0.25) is 4.79 Å². The molecule has 0 aromatic carbocycles. The standard InChI is InChI=1S/C7H14O3S/c1-6(5-8)11-4-3-7(9)10-2/h6,8H,3-5H2,1-2H3. The lowest BCUT2D eigenvalue weighted by atomic mass is 10.5. The molecular weight excluding hydrogens is 164 g/mol. The molecule has 0 bridgehead atoms. The van der Waals surface area contributed by atoms with Crippen LogP contribution in [0.25, 0.3) is 0 Å². The van der Waals surface area contributed by atoms with Crippen LogP contribution in [-0.4, -0.2) is 35.8 Å². The lowest BCUT2D eigenvalue weighted by molar-refractivity contribution is -0.140. The highest BCUT2D eigenvalue weighted by Gasteiger charge is 2.03. The molecule has 0 aliphatic carbocycles. The number of aliphatic hydroxyl groups excluding tert-OH is 1. The maximum atomic E-state index is 10.6.